The van der Waals surface area contributed by atoms with Crippen LogP contribution >= 0.6 is 11.6 Å². The molecule has 2 aliphatic heterocycles. The number of pyridine rings is 1. The molecule has 0 aliphatic carbocycles. The van der Waals surface area contributed by atoms with E-state index in [4.69, 9.17) is 21.3 Å². The van der Waals surface area contributed by atoms with Gasteiger partial charge >= 0.3 is 6.18 Å². The van der Waals surface area contributed by atoms with Crippen LogP contribution in [-0.4, -0.2) is 67.4 Å². The van der Waals surface area contributed by atoms with Crippen LogP contribution in [0.3, 0.4) is 0 Å². The van der Waals surface area contributed by atoms with E-state index in [2.05, 4.69) is 9.97 Å². The van der Waals surface area contributed by atoms with Gasteiger partial charge in [0.05, 0.1) is 22.4 Å². The summed E-state index contributed by atoms with van der Waals surface area (Å²) in [6.45, 7) is 2.83. The average molecular weight is 523 g/mol. The van der Waals surface area contributed by atoms with Gasteiger partial charge < -0.3 is 19.4 Å². The highest BCUT2D eigenvalue weighted by molar-refractivity contribution is 6.31. The number of piperazine rings is 1. The summed E-state index contributed by atoms with van der Waals surface area (Å²) in [5, 5.41) is -0.0120. The molecule has 2 fully saturated rings. The van der Waals surface area contributed by atoms with E-state index in [0.29, 0.717) is 62.3 Å². The van der Waals surface area contributed by atoms with Crippen LogP contribution in [0.15, 0.2) is 42.6 Å². The fraction of sp³-hybridized carbons (Fsp3) is 0.375. The Balaban J connectivity index is 1.41. The Morgan fingerprint density at radius 3 is 2.36 bits per heavy atom. The van der Waals surface area contributed by atoms with E-state index >= 15 is 0 Å². The Bertz CT molecular complexity index is 1250. The van der Waals surface area contributed by atoms with Gasteiger partial charge in [0.25, 0.3) is 0 Å². The molecule has 36 heavy (non-hydrogen) atoms. The van der Waals surface area contributed by atoms with Crippen LogP contribution in [0.5, 0.6) is 0 Å². The fourth-order valence-corrected chi connectivity index (χ4v) is 4.48. The van der Waals surface area contributed by atoms with Crippen molar-refractivity contribution < 1.29 is 22.3 Å². The molecule has 0 N–H and O–H groups in total. The number of rotatable bonds is 5. The van der Waals surface area contributed by atoms with Crippen molar-refractivity contribution >= 4 is 29.2 Å². The van der Waals surface area contributed by atoms with Crippen LogP contribution in [0.1, 0.15) is 5.56 Å². The zero-order chi connectivity index (χ0) is 25.4. The van der Waals surface area contributed by atoms with E-state index in [1.807, 2.05) is 9.80 Å². The lowest BCUT2D eigenvalue weighted by molar-refractivity contribution is -0.137. The molecule has 7 nitrogen and oxygen atoms in total. The minimum Gasteiger partial charge on any atom is -0.378 e. The largest absolute Gasteiger partial charge is 0.419 e. The number of methoxy groups -OCH3 is 1. The number of aromatic nitrogens is 3. The number of anilines is 3. The predicted molar refractivity (Wildman–Crippen MR) is 129 cm³/mol. The molecule has 5 rings (SSSR count). The van der Waals surface area contributed by atoms with Gasteiger partial charge in [0, 0.05) is 64.2 Å². The van der Waals surface area contributed by atoms with E-state index in [0.717, 1.165) is 6.07 Å². The monoisotopic (exact) mass is 522 g/mol. The van der Waals surface area contributed by atoms with Gasteiger partial charge in [0.15, 0.2) is 0 Å². The highest BCUT2D eigenvalue weighted by atomic mass is 35.5. The van der Waals surface area contributed by atoms with E-state index in [1.165, 1.54) is 24.4 Å². The molecule has 0 radical (unpaired) electrons. The molecule has 2 saturated heterocycles. The van der Waals surface area contributed by atoms with Crippen LogP contribution < -0.4 is 14.7 Å². The zero-order valence-electron chi connectivity index (χ0n) is 19.3. The number of ether oxygens (including phenoxy) is 1. The molecule has 1 aromatic carbocycles. The van der Waals surface area contributed by atoms with Crippen molar-refractivity contribution in [1.29, 1.82) is 0 Å². The van der Waals surface area contributed by atoms with E-state index in [1.54, 1.807) is 24.1 Å². The minimum atomic E-state index is -4.48. The first-order valence-corrected chi connectivity index (χ1v) is 11.7. The van der Waals surface area contributed by atoms with Crippen LogP contribution in [0.25, 0.3) is 11.3 Å². The number of alkyl halides is 3. The predicted octanol–water partition coefficient (Wildman–Crippen LogP) is 4.51. The Morgan fingerprint density at radius 2 is 1.69 bits per heavy atom. The molecule has 2 aliphatic rings. The lowest BCUT2D eigenvalue weighted by atomic mass is 10.1. The normalized spacial score (nSPS) is 16.9. The van der Waals surface area contributed by atoms with Gasteiger partial charge in [-0.15, -0.1) is 0 Å². The van der Waals surface area contributed by atoms with Crippen molar-refractivity contribution in [2.24, 2.45) is 0 Å². The summed E-state index contributed by atoms with van der Waals surface area (Å²) in [7, 11) is 1.65. The van der Waals surface area contributed by atoms with Crippen molar-refractivity contribution in [3.05, 3.63) is 59.0 Å². The quantitative estimate of drug-likeness (QED) is 0.457. The second kappa shape index (κ2) is 9.70. The molecule has 12 heteroatoms. The lowest BCUT2D eigenvalue weighted by Crippen LogP contribution is -2.53. The third kappa shape index (κ3) is 4.90. The summed E-state index contributed by atoms with van der Waals surface area (Å²) >= 11 is 6.00. The Morgan fingerprint density at radius 1 is 0.972 bits per heavy atom. The minimum absolute atomic E-state index is 0.0120. The van der Waals surface area contributed by atoms with Crippen molar-refractivity contribution in [3.8, 4) is 11.3 Å². The molecule has 0 amide bonds. The maximum Gasteiger partial charge on any atom is 0.419 e. The van der Waals surface area contributed by atoms with E-state index in [-0.39, 0.29) is 16.9 Å². The van der Waals surface area contributed by atoms with Gasteiger partial charge in [-0.05, 0) is 30.3 Å². The smallest absolute Gasteiger partial charge is 0.378 e. The second-order valence-corrected chi connectivity index (χ2v) is 9.06. The Hall–Kier alpha value is -3.18. The van der Waals surface area contributed by atoms with Crippen LogP contribution in [-0.2, 0) is 10.9 Å². The first-order chi connectivity index (χ1) is 17.2. The van der Waals surface area contributed by atoms with Crippen LogP contribution in [0, 0.1) is 5.82 Å². The van der Waals surface area contributed by atoms with Gasteiger partial charge in [-0.1, -0.05) is 11.6 Å². The zero-order valence-corrected chi connectivity index (χ0v) is 20.1. The highest BCUT2D eigenvalue weighted by Gasteiger charge is 2.36. The molecular formula is C24H23ClF4N6O. The number of hydrogen-bond acceptors (Lipinski definition) is 7. The van der Waals surface area contributed by atoms with Crippen molar-refractivity contribution in [2.45, 2.75) is 12.3 Å². The molecule has 0 atom stereocenters. The summed E-state index contributed by atoms with van der Waals surface area (Å²) in [6.07, 6.45) is -3.02. The third-order valence-corrected chi connectivity index (χ3v) is 6.67. The topological polar surface area (TPSA) is 57.6 Å². The molecule has 0 saturated carbocycles. The summed E-state index contributed by atoms with van der Waals surface area (Å²) in [5.41, 5.74) is 0.463. The lowest BCUT2D eigenvalue weighted by Gasteiger charge is -2.39. The first-order valence-electron chi connectivity index (χ1n) is 11.4. The van der Waals surface area contributed by atoms with Gasteiger partial charge in [-0.25, -0.2) is 14.4 Å². The number of hydrogen-bond donors (Lipinski definition) is 0. The molecule has 2 aromatic heterocycles. The summed E-state index contributed by atoms with van der Waals surface area (Å²) in [4.78, 5) is 19.0. The average Bonchev–Trinajstić information content (AvgIpc) is 2.84. The van der Waals surface area contributed by atoms with Gasteiger partial charge in [-0.3, -0.25) is 0 Å². The molecule has 0 bridgehead atoms. The molecule has 190 valence electrons. The van der Waals surface area contributed by atoms with E-state index < -0.39 is 17.6 Å². The van der Waals surface area contributed by atoms with Gasteiger partial charge in [-0.2, -0.15) is 18.2 Å². The van der Waals surface area contributed by atoms with Gasteiger partial charge in [0.1, 0.15) is 17.5 Å². The van der Waals surface area contributed by atoms with Gasteiger partial charge in [0.2, 0.25) is 5.95 Å². The number of nitrogens with zero attached hydrogens (tertiary/aromatic N) is 6. The fourth-order valence-electron chi connectivity index (χ4n) is 4.30. The first kappa shape index (κ1) is 24.5. The summed E-state index contributed by atoms with van der Waals surface area (Å²) in [5.74, 6) is 0.543. The van der Waals surface area contributed by atoms with Crippen molar-refractivity contribution in [3.63, 3.8) is 0 Å². The Kier molecular flexibility index (Phi) is 6.60. The number of halogens is 5. The second-order valence-electron chi connectivity index (χ2n) is 8.65. The van der Waals surface area contributed by atoms with Crippen molar-refractivity contribution in [2.75, 3.05) is 61.1 Å². The molecule has 4 heterocycles. The van der Waals surface area contributed by atoms with E-state index in [9.17, 15) is 17.6 Å². The van der Waals surface area contributed by atoms with Crippen LogP contribution in [0.4, 0.5) is 35.1 Å². The number of benzene rings is 1. The summed E-state index contributed by atoms with van der Waals surface area (Å²) in [6, 6.07) is 8.52. The van der Waals surface area contributed by atoms with Crippen molar-refractivity contribution in [1.82, 2.24) is 15.0 Å². The summed E-state index contributed by atoms with van der Waals surface area (Å²) < 4.78 is 59.5. The standard InChI is InChI=1S/C24H23ClF4N6O/c1-36-16-13-35(14-16)23-31-20(15-4-5-19(26)18(25)11-15)12-21(32-23)33-7-9-34(10-8-33)22-17(24(27,28)29)3-2-6-30-22/h2-6,11-12,16H,7-10,13-14H2,1H3. The molecular weight excluding hydrogens is 500 g/mol. The molecule has 3 aromatic rings. The highest BCUT2D eigenvalue weighted by Crippen LogP contribution is 2.36. The third-order valence-electron chi connectivity index (χ3n) is 6.38. The maximum atomic E-state index is 13.7. The van der Waals surface area contributed by atoms with Crippen LogP contribution in [0.2, 0.25) is 5.02 Å². The Labute approximate surface area is 210 Å². The molecule has 0 spiro atoms. The SMILES string of the molecule is COC1CN(c2nc(-c3ccc(F)c(Cl)c3)cc(N3CCN(c4ncccc4C(F)(F)F)CC3)n2)C1. The maximum absolute atomic E-state index is 13.7. The molecule has 0 unspecified atom stereocenters.